The monoisotopic (exact) mass is 265 g/mol. The molecule has 0 heterocycles. The lowest BCUT2D eigenvalue weighted by molar-refractivity contribution is 0.345. The highest BCUT2D eigenvalue weighted by Crippen LogP contribution is 2.57. The van der Waals surface area contributed by atoms with Gasteiger partial charge in [0.05, 0.1) is 21.3 Å². The third-order valence-electron chi connectivity index (χ3n) is 4.19. The molecule has 1 aromatic carbocycles. The smallest absolute Gasteiger partial charge is 0.164 e. The summed E-state index contributed by atoms with van der Waals surface area (Å²) in [5.74, 6) is 2.98. The van der Waals surface area contributed by atoms with Gasteiger partial charge in [0.1, 0.15) is 5.75 Å². The molecule has 0 aliphatic heterocycles. The minimum absolute atomic E-state index is 0.152. The molecule has 106 valence electrons. The molecule has 1 N–H and O–H groups in total. The van der Waals surface area contributed by atoms with Crippen LogP contribution in [0.2, 0.25) is 0 Å². The highest BCUT2D eigenvalue weighted by molar-refractivity contribution is 5.55. The van der Waals surface area contributed by atoms with Crippen LogP contribution in [0.3, 0.4) is 0 Å². The molecule has 4 nitrogen and oxygen atoms in total. The second-order valence-corrected chi connectivity index (χ2v) is 5.20. The molecule has 0 bridgehead atoms. The van der Waals surface area contributed by atoms with Gasteiger partial charge >= 0.3 is 0 Å². The molecule has 0 aromatic heterocycles. The Labute approximate surface area is 115 Å². The molecule has 2 rings (SSSR count). The van der Waals surface area contributed by atoms with E-state index in [0.717, 1.165) is 18.0 Å². The standard InChI is InChI=1S/C15H23NO3/c1-10-8-15(10,9-16-2)11-6-13(18-4)14(19-5)7-12(11)17-3/h6-7,10,16H,8-9H2,1-5H3. The second-order valence-electron chi connectivity index (χ2n) is 5.20. The van der Waals surface area contributed by atoms with Gasteiger partial charge in [0.2, 0.25) is 0 Å². The fourth-order valence-corrected chi connectivity index (χ4v) is 2.94. The van der Waals surface area contributed by atoms with Gasteiger partial charge in [-0.1, -0.05) is 6.92 Å². The summed E-state index contributed by atoms with van der Waals surface area (Å²) in [6.45, 7) is 3.22. The molecule has 1 aliphatic carbocycles. The summed E-state index contributed by atoms with van der Waals surface area (Å²) < 4.78 is 16.3. The Morgan fingerprint density at radius 1 is 1.11 bits per heavy atom. The molecule has 1 saturated carbocycles. The van der Waals surface area contributed by atoms with E-state index in [9.17, 15) is 0 Å². The van der Waals surface area contributed by atoms with Gasteiger partial charge in [-0.15, -0.1) is 0 Å². The van der Waals surface area contributed by atoms with Crippen LogP contribution in [0.15, 0.2) is 12.1 Å². The van der Waals surface area contributed by atoms with Crippen molar-refractivity contribution < 1.29 is 14.2 Å². The Morgan fingerprint density at radius 2 is 1.63 bits per heavy atom. The molecule has 2 unspecified atom stereocenters. The Kier molecular flexibility index (Phi) is 3.90. The van der Waals surface area contributed by atoms with E-state index in [1.54, 1.807) is 21.3 Å². The van der Waals surface area contributed by atoms with Gasteiger partial charge in [-0.2, -0.15) is 0 Å². The van der Waals surface area contributed by atoms with Crippen molar-refractivity contribution in [1.29, 1.82) is 0 Å². The van der Waals surface area contributed by atoms with E-state index in [1.807, 2.05) is 13.1 Å². The molecule has 1 aliphatic rings. The Bertz CT molecular complexity index is 461. The molecular weight excluding hydrogens is 242 g/mol. The lowest BCUT2D eigenvalue weighted by atomic mass is 9.92. The van der Waals surface area contributed by atoms with Gasteiger partial charge in [-0.3, -0.25) is 0 Å². The van der Waals surface area contributed by atoms with Crippen molar-refractivity contribution in [3.05, 3.63) is 17.7 Å². The van der Waals surface area contributed by atoms with Gasteiger partial charge in [0.15, 0.2) is 11.5 Å². The number of likely N-dealkylation sites (N-methyl/N-ethyl adjacent to an activating group) is 1. The van der Waals surface area contributed by atoms with Gasteiger partial charge in [-0.25, -0.2) is 0 Å². The summed E-state index contributed by atoms with van der Waals surface area (Å²) in [5.41, 5.74) is 1.36. The third kappa shape index (κ3) is 2.25. The van der Waals surface area contributed by atoms with E-state index in [4.69, 9.17) is 14.2 Å². The first-order chi connectivity index (χ1) is 9.12. The summed E-state index contributed by atoms with van der Waals surface area (Å²) in [7, 11) is 6.99. The highest BCUT2D eigenvalue weighted by Gasteiger charge is 2.53. The first-order valence-corrected chi connectivity index (χ1v) is 6.58. The van der Waals surface area contributed by atoms with Crippen molar-refractivity contribution in [3.8, 4) is 17.2 Å². The number of methoxy groups -OCH3 is 3. The fourth-order valence-electron chi connectivity index (χ4n) is 2.94. The Balaban J connectivity index is 2.50. The zero-order chi connectivity index (χ0) is 14.0. The zero-order valence-electron chi connectivity index (χ0n) is 12.4. The van der Waals surface area contributed by atoms with Crippen LogP contribution < -0.4 is 19.5 Å². The van der Waals surface area contributed by atoms with Gasteiger partial charge < -0.3 is 19.5 Å². The Hall–Kier alpha value is -1.42. The maximum atomic E-state index is 5.54. The van der Waals surface area contributed by atoms with E-state index in [2.05, 4.69) is 18.3 Å². The molecule has 0 saturated heterocycles. The van der Waals surface area contributed by atoms with E-state index in [1.165, 1.54) is 12.0 Å². The van der Waals surface area contributed by atoms with Crippen LogP contribution in [-0.4, -0.2) is 34.9 Å². The summed E-state index contributed by atoms with van der Waals surface area (Å²) in [4.78, 5) is 0. The average Bonchev–Trinajstić information content (AvgIpc) is 3.08. The molecule has 1 fully saturated rings. The quantitative estimate of drug-likeness (QED) is 0.856. The van der Waals surface area contributed by atoms with Crippen molar-refractivity contribution in [2.24, 2.45) is 5.92 Å². The molecule has 2 atom stereocenters. The Morgan fingerprint density at radius 3 is 2.05 bits per heavy atom. The number of benzene rings is 1. The number of nitrogens with one attached hydrogen (secondary N) is 1. The third-order valence-corrected chi connectivity index (χ3v) is 4.19. The molecule has 0 spiro atoms. The van der Waals surface area contributed by atoms with E-state index >= 15 is 0 Å². The van der Waals surface area contributed by atoms with E-state index in [-0.39, 0.29) is 5.41 Å². The topological polar surface area (TPSA) is 39.7 Å². The van der Waals surface area contributed by atoms with Crippen LogP contribution in [0, 0.1) is 5.92 Å². The van der Waals surface area contributed by atoms with E-state index in [0.29, 0.717) is 11.7 Å². The van der Waals surface area contributed by atoms with Crippen molar-refractivity contribution in [2.45, 2.75) is 18.8 Å². The van der Waals surface area contributed by atoms with Crippen LogP contribution in [-0.2, 0) is 5.41 Å². The van der Waals surface area contributed by atoms with Crippen molar-refractivity contribution in [2.75, 3.05) is 34.9 Å². The van der Waals surface area contributed by atoms with Crippen LogP contribution >= 0.6 is 0 Å². The molecule has 0 amide bonds. The first kappa shape index (κ1) is 14.0. The van der Waals surface area contributed by atoms with E-state index < -0.39 is 0 Å². The number of hydrogen-bond donors (Lipinski definition) is 1. The SMILES string of the molecule is CNCC1(c2cc(OC)c(OC)cc2OC)CC1C. The van der Waals surface area contributed by atoms with Crippen LogP contribution in [0.5, 0.6) is 17.2 Å². The van der Waals surface area contributed by atoms with Gasteiger partial charge in [-0.05, 0) is 25.5 Å². The minimum Gasteiger partial charge on any atom is -0.496 e. The van der Waals surface area contributed by atoms with Crippen LogP contribution in [0.1, 0.15) is 18.9 Å². The molecular formula is C15H23NO3. The summed E-state index contributed by atoms with van der Waals surface area (Å²) in [6.07, 6.45) is 1.17. The number of ether oxygens (including phenoxy) is 3. The highest BCUT2D eigenvalue weighted by atomic mass is 16.5. The predicted octanol–water partition coefficient (Wildman–Crippen LogP) is 2.21. The van der Waals surface area contributed by atoms with Crippen molar-refractivity contribution in [1.82, 2.24) is 5.32 Å². The van der Waals surface area contributed by atoms with Crippen molar-refractivity contribution >= 4 is 0 Å². The minimum atomic E-state index is 0.152. The van der Waals surface area contributed by atoms with Crippen molar-refractivity contribution in [3.63, 3.8) is 0 Å². The van der Waals surface area contributed by atoms with Gasteiger partial charge in [0.25, 0.3) is 0 Å². The molecule has 19 heavy (non-hydrogen) atoms. The second kappa shape index (κ2) is 5.29. The maximum absolute atomic E-state index is 5.54. The molecule has 0 radical (unpaired) electrons. The van der Waals surface area contributed by atoms with Gasteiger partial charge in [0, 0.05) is 23.6 Å². The van der Waals surface area contributed by atoms with Crippen LogP contribution in [0.4, 0.5) is 0 Å². The normalized spacial score (nSPS) is 25.0. The summed E-state index contributed by atoms with van der Waals surface area (Å²) in [5, 5.41) is 3.29. The fraction of sp³-hybridized carbons (Fsp3) is 0.600. The largest absolute Gasteiger partial charge is 0.496 e. The molecule has 1 aromatic rings. The summed E-state index contributed by atoms with van der Waals surface area (Å²) in [6, 6.07) is 3.97. The number of hydrogen-bond acceptors (Lipinski definition) is 4. The van der Waals surface area contributed by atoms with Crippen LogP contribution in [0.25, 0.3) is 0 Å². The molecule has 4 heteroatoms. The first-order valence-electron chi connectivity index (χ1n) is 6.58. The maximum Gasteiger partial charge on any atom is 0.164 e. The summed E-state index contributed by atoms with van der Waals surface area (Å²) >= 11 is 0. The number of rotatable bonds is 6. The average molecular weight is 265 g/mol. The lowest BCUT2D eigenvalue weighted by Crippen LogP contribution is -2.26. The lowest BCUT2D eigenvalue weighted by Gasteiger charge is -2.22. The zero-order valence-corrected chi connectivity index (χ0v) is 12.4. The predicted molar refractivity (Wildman–Crippen MR) is 75.5 cm³/mol.